The second-order valence-electron chi connectivity index (χ2n) is 10.2. The Hall–Kier alpha value is -3.39. The number of nitrogens with zero attached hydrogens (tertiary/aromatic N) is 2. The molecule has 1 heterocycles. The number of carbonyl (C=O) groups is 3. The molecule has 1 N–H and O–H groups in total. The number of methoxy groups -OCH3 is 1. The minimum Gasteiger partial charge on any atom is -0.489 e. The van der Waals surface area contributed by atoms with Crippen molar-refractivity contribution in [2.45, 2.75) is 33.4 Å². The highest BCUT2D eigenvalue weighted by Gasteiger charge is 2.50. The molecule has 1 aliphatic carbocycles. The van der Waals surface area contributed by atoms with Gasteiger partial charge in [0.2, 0.25) is 11.8 Å². The van der Waals surface area contributed by atoms with Crippen LogP contribution in [0.5, 0.6) is 5.75 Å². The maximum Gasteiger partial charge on any atom is 0.337 e. The Bertz CT molecular complexity index is 1090. The lowest BCUT2D eigenvalue weighted by Gasteiger charge is -2.35. The average molecular weight is 494 g/mol. The van der Waals surface area contributed by atoms with Crippen molar-refractivity contribution in [2.24, 2.45) is 11.3 Å². The summed E-state index contributed by atoms with van der Waals surface area (Å²) >= 11 is 0. The van der Waals surface area contributed by atoms with Crippen LogP contribution in [-0.2, 0) is 27.5 Å². The summed E-state index contributed by atoms with van der Waals surface area (Å²) < 4.78 is 10.8. The van der Waals surface area contributed by atoms with E-state index in [9.17, 15) is 14.4 Å². The third kappa shape index (κ3) is 6.43. The molecule has 0 bridgehead atoms. The van der Waals surface area contributed by atoms with Crippen LogP contribution in [0.4, 0.5) is 0 Å². The second kappa shape index (κ2) is 11.1. The largest absolute Gasteiger partial charge is 0.489 e. The molecule has 2 aromatic carbocycles. The first-order chi connectivity index (χ1) is 17.3. The molecule has 0 radical (unpaired) electrons. The van der Waals surface area contributed by atoms with Crippen LogP contribution in [0.3, 0.4) is 0 Å². The number of carbonyl (C=O) groups excluding carboxylic acids is 3. The van der Waals surface area contributed by atoms with Gasteiger partial charge in [-0.3, -0.25) is 14.5 Å². The number of benzene rings is 2. The van der Waals surface area contributed by atoms with Crippen LogP contribution in [0.2, 0.25) is 0 Å². The van der Waals surface area contributed by atoms with Crippen molar-refractivity contribution in [1.82, 2.24) is 15.1 Å². The summed E-state index contributed by atoms with van der Waals surface area (Å²) in [5, 5.41) is 2.81. The highest BCUT2D eigenvalue weighted by atomic mass is 16.5. The number of hydrogen-bond acceptors (Lipinski definition) is 6. The summed E-state index contributed by atoms with van der Waals surface area (Å²) in [7, 11) is 1.37. The first-order valence-electron chi connectivity index (χ1n) is 12.4. The normalized spacial score (nSPS) is 18.9. The summed E-state index contributed by atoms with van der Waals surface area (Å²) in [6.45, 7) is 8.15. The van der Waals surface area contributed by atoms with E-state index in [2.05, 4.69) is 30.1 Å². The first-order valence-corrected chi connectivity index (χ1v) is 12.4. The van der Waals surface area contributed by atoms with Gasteiger partial charge in [-0.15, -0.1) is 0 Å². The van der Waals surface area contributed by atoms with Gasteiger partial charge in [0, 0.05) is 44.2 Å². The molecule has 4 rings (SSSR count). The molecular formula is C28H35N3O5. The van der Waals surface area contributed by atoms with Crippen LogP contribution in [-0.4, -0.2) is 67.4 Å². The smallest absolute Gasteiger partial charge is 0.337 e. The van der Waals surface area contributed by atoms with Crippen LogP contribution in [0.25, 0.3) is 0 Å². The fourth-order valence-electron chi connectivity index (χ4n) is 4.50. The van der Waals surface area contributed by atoms with Gasteiger partial charge in [-0.1, -0.05) is 44.2 Å². The van der Waals surface area contributed by atoms with Gasteiger partial charge in [-0.2, -0.15) is 0 Å². The Morgan fingerprint density at radius 2 is 1.67 bits per heavy atom. The SMILES string of the molecule is COC(=O)c1ccc(COc2ccccc2CN2CCN(C(=O)CNC(=O)C3CC3(C)C)CC2)cc1. The molecule has 192 valence electrons. The molecule has 8 nitrogen and oxygen atoms in total. The highest BCUT2D eigenvalue weighted by Crippen LogP contribution is 2.51. The third-order valence-electron chi connectivity index (χ3n) is 7.10. The van der Waals surface area contributed by atoms with Gasteiger partial charge in [0.1, 0.15) is 12.4 Å². The van der Waals surface area contributed by atoms with Crippen molar-refractivity contribution in [1.29, 1.82) is 0 Å². The number of rotatable bonds is 9. The minimum absolute atomic E-state index is 0.0111. The molecule has 0 aromatic heterocycles. The van der Waals surface area contributed by atoms with Crippen molar-refractivity contribution in [3.05, 3.63) is 65.2 Å². The molecule has 36 heavy (non-hydrogen) atoms. The van der Waals surface area contributed by atoms with E-state index in [1.807, 2.05) is 35.2 Å². The third-order valence-corrected chi connectivity index (χ3v) is 7.10. The number of amides is 2. The number of nitrogens with one attached hydrogen (secondary N) is 1. The number of hydrogen-bond donors (Lipinski definition) is 1. The van der Waals surface area contributed by atoms with Gasteiger partial charge in [0.25, 0.3) is 0 Å². The van der Waals surface area contributed by atoms with Crippen LogP contribution >= 0.6 is 0 Å². The van der Waals surface area contributed by atoms with Crippen molar-refractivity contribution in [3.63, 3.8) is 0 Å². The fourth-order valence-corrected chi connectivity index (χ4v) is 4.50. The molecule has 0 spiro atoms. The summed E-state index contributed by atoms with van der Waals surface area (Å²) in [5.74, 6) is 0.454. The summed E-state index contributed by atoms with van der Waals surface area (Å²) in [6.07, 6.45) is 0.887. The zero-order valence-corrected chi connectivity index (χ0v) is 21.3. The fraction of sp³-hybridized carbons (Fsp3) is 0.464. The number of piperazine rings is 1. The van der Waals surface area contributed by atoms with E-state index in [4.69, 9.17) is 9.47 Å². The Balaban J connectivity index is 1.23. The molecule has 1 unspecified atom stereocenters. The molecule has 2 aromatic rings. The van der Waals surface area contributed by atoms with Gasteiger partial charge in [0.05, 0.1) is 19.2 Å². The predicted molar refractivity (Wildman–Crippen MR) is 135 cm³/mol. The number of esters is 1. The zero-order chi connectivity index (χ0) is 25.7. The maximum atomic E-state index is 12.6. The Morgan fingerprint density at radius 3 is 2.31 bits per heavy atom. The lowest BCUT2D eigenvalue weighted by Crippen LogP contribution is -2.51. The van der Waals surface area contributed by atoms with E-state index in [-0.39, 0.29) is 35.7 Å². The molecule has 1 saturated heterocycles. The van der Waals surface area contributed by atoms with E-state index in [1.165, 1.54) is 7.11 Å². The van der Waals surface area contributed by atoms with E-state index in [0.717, 1.165) is 42.9 Å². The minimum atomic E-state index is -0.360. The summed E-state index contributed by atoms with van der Waals surface area (Å²) in [6, 6.07) is 15.1. The Kier molecular flexibility index (Phi) is 7.94. The van der Waals surface area contributed by atoms with Crippen molar-refractivity contribution in [3.8, 4) is 5.75 Å². The maximum absolute atomic E-state index is 12.6. The topological polar surface area (TPSA) is 88.2 Å². The van der Waals surface area contributed by atoms with E-state index in [0.29, 0.717) is 25.3 Å². The zero-order valence-electron chi connectivity index (χ0n) is 21.3. The van der Waals surface area contributed by atoms with Crippen molar-refractivity contribution >= 4 is 17.8 Å². The monoisotopic (exact) mass is 493 g/mol. The first kappa shape index (κ1) is 25.7. The van der Waals surface area contributed by atoms with Gasteiger partial charge in [-0.05, 0) is 35.6 Å². The van der Waals surface area contributed by atoms with Gasteiger partial charge >= 0.3 is 5.97 Å². The summed E-state index contributed by atoms with van der Waals surface area (Å²) in [4.78, 5) is 40.5. The van der Waals surface area contributed by atoms with E-state index >= 15 is 0 Å². The molecule has 2 fully saturated rings. The van der Waals surface area contributed by atoms with Gasteiger partial charge in [0.15, 0.2) is 0 Å². The molecule has 1 aliphatic heterocycles. The second-order valence-corrected chi connectivity index (χ2v) is 10.2. The number of ether oxygens (including phenoxy) is 2. The van der Waals surface area contributed by atoms with Crippen LogP contribution < -0.4 is 10.1 Å². The molecular weight excluding hydrogens is 458 g/mol. The Labute approximate surface area is 212 Å². The van der Waals surface area contributed by atoms with E-state index in [1.54, 1.807) is 12.1 Å². The van der Waals surface area contributed by atoms with Gasteiger partial charge in [-0.25, -0.2) is 4.79 Å². The van der Waals surface area contributed by atoms with Crippen LogP contribution in [0.15, 0.2) is 48.5 Å². The van der Waals surface area contributed by atoms with Crippen molar-refractivity contribution in [2.75, 3.05) is 39.8 Å². The van der Waals surface area contributed by atoms with Crippen LogP contribution in [0, 0.1) is 11.3 Å². The molecule has 2 amide bonds. The lowest BCUT2D eigenvalue weighted by atomic mass is 10.1. The lowest BCUT2D eigenvalue weighted by molar-refractivity contribution is -0.134. The molecule has 1 saturated carbocycles. The molecule has 8 heteroatoms. The van der Waals surface area contributed by atoms with Crippen LogP contribution in [0.1, 0.15) is 41.8 Å². The summed E-state index contributed by atoms with van der Waals surface area (Å²) in [5.41, 5.74) is 2.62. The quantitative estimate of drug-likeness (QED) is 0.541. The highest BCUT2D eigenvalue weighted by molar-refractivity contribution is 5.89. The van der Waals surface area contributed by atoms with E-state index < -0.39 is 0 Å². The predicted octanol–water partition coefficient (Wildman–Crippen LogP) is 2.86. The Morgan fingerprint density at radius 1 is 1.00 bits per heavy atom. The average Bonchev–Trinajstić information content (AvgIpc) is 3.54. The van der Waals surface area contributed by atoms with Gasteiger partial charge < -0.3 is 19.7 Å². The standard InChI is InChI=1S/C28H35N3O5/c1-28(2)16-23(28)26(33)29-17-25(32)31-14-12-30(13-15-31)18-22-6-4-5-7-24(22)36-19-20-8-10-21(11-9-20)27(34)35-3/h4-11,23H,12-19H2,1-3H3,(H,29,33). The number of para-hydroxylation sites is 1. The molecule has 1 atom stereocenters. The molecule has 2 aliphatic rings. The van der Waals surface area contributed by atoms with Crippen molar-refractivity contribution < 1.29 is 23.9 Å².